The number of terminal acetylenes is 2. The van der Waals surface area contributed by atoms with Crippen molar-refractivity contribution >= 4 is 0 Å². The molecule has 3 aromatic carbocycles. The van der Waals surface area contributed by atoms with E-state index < -0.39 is 0 Å². The minimum absolute atomic E-state index is 0.171. The van der Waals surface area contributed by atoms with Crippen LogP contribution in [0.3, 0.4) is 0 Å². The normalized spacial score (nSPS) is 8.96. The third-order valence-electron chi connectivity index (χ3n) is 6.46. The Morgan fingerprint density at radius 2 is 0.680 bits per heavy atom. The van der Waals surface area contributed by atoms with Gasteiger partial charge in [-0.2, -0.15) is 0 Å². The van der Waals surface area contributed by atoms with Crippen molar-refractivity contribution in [2.24, 2.45) is 0 Å². The van der Waals surface area contributed by atoms with Crippen LogP contribution in [0, 0.1) is 91.7 Å². The minimum Gasteiger partial charge on any atom is -0.261 e. The number of nitrogens with zero attached hydrogens (tertiary/aromatic N) is 3. The van der Waals surface area contributed by atoms with Crippen molar-refractivity contribution in [3.05, 3.63) is 195 Å². The molecular weight excluding hydrogens is 621 g/mol. The van der Waals surface area contributed by atoms with Gasteiger partial charge in [-0.05, 0) is 116 Å². The molecule has 0 spiro atoms. The van der Waals surface area contributed by atoms with Gasteiger partial charge in [-0.3, -0.25) is 15.0 Å². The van der Waals surface area contributed by atoms with Crippen LogP contribution >= 0.6 is 0 Å². The predicted molar refractivity (Wildman–Crippen MR) is 206 cm³/mol. The van der Waals surface area contributed by atoms with Gasteiger partial charge in [0.25, 0.3) is 0 Å². The van der Waals surface area contributed by atoms with Crippen LogP contribution in [0.25, 0.3) is 0 Å². The second-order valence-electron chi connectivity index (χ2n) is 11.4. The first-order valence-electron chi connectivity index (χ1n) is 16.0. The first-order valence-corrected chi connectivity index (χ1v) is 16.0. The lowest BCUT2D eigenvalue weighted by molar-refractivity contribution is 0.620. The van der Waals surface area contributed by atoms with E-state index >= 15 is 0 Å². The summed E-state index contributed by atoms with van der Waals surface area (Å²) in [5.41, 5.74) is 10.9. The summed E-state index contributed by atoms with van der Waals surface area (Å²) < 4.78 is 24.1. The SMILES string of the molecule is C#Cc1ccc(C)cc1.C#Cc1ccc(C)nc1.Cc1ccc(C)cc1.Cc1ccc(C)nc1.Cc1ccc(F)cc1.Cc1ccc(F)cn1. The summed E-state index contributed by atoms with van der Waals surface area (Å²) in [6.07, 6.45) is 15.0. The van der Waals surface area contributed by atoms with Crippen LogP contribution in [-0.2, 0) is 0 Å². The molecule has 0 bridgehead atoms. The summed E-state index contributed by atoms with van der Waals surface area (Å²) in [4.78, 5) is 11.8. The third kappa shape index (κ3) is 21.1. The van der Waals surface area contributed by atoms with Gasteiger partial charge in [0.1, 0.15) is 11.6 Å². The van der Waals surface area contributed by atoms with Crippen LogP contribution in [0.4, 0.5) is 8.78 Å². The molecule has 256 valence electrons. The van der Waals surface area contributed by atoms with E-state index in [2.05, 4.69) is 71.0 Å². The molecule has 0 fully saturated rings. The van der Waals surface area contributed by atoms with E-state index in [4.69, 9.17) is 12.8 Å². The fourth-order valence-electron chi connectivity index (χ4n) is 3.36. The van der Waals surface area contributed by atoms with Crippen molar-refractivity contribution in [1.29, 1.82) is 0 Å². The zero-order valence-corrected chi connectivity index (χ0v) is 30.4. The molecule has 6 rings (SSSR count). The molecule has 0 radical (unpaired) electrons. The molecule has 5 heteroatoms. The summed E-state index contributed by atoms with van der Waals surface area (Å²) in [5.74, 6) is 4.59. The van der Waals surface area contributed by atoms with Gasteiger partial charge in [-0.15, -0.1) is 12.8 Å². The van der Waals surface area contributed by atoms with Crippen LogP contribution in [0.2, 0.25) is 0 Å². The Hall–Kier alpha value is -5.91. The molecule has 0 amide bonds. The number of aromatic nitrogens is 3. The summed E-state index contributed by atoms with van der Waals surface area (Å²) in [6, 6.07) is 33.6. The number of hydrogen-bond acceptors (Lipinski definition) is 3. The number of pyridine rings is 3. The van der Waals surface area contributed by atoms with Gasteiger partial charge in [0.05, 0.1) is 6.20 Å². The van der Waals surface area contributed by atoms with Gasteiger partial charge in [-0.1, -0.05) is 88.7 Å². The maximum absolute atomic E-state index is 12.1. The van der Waals surface area contributed by atoms with E-state index in [0.717, 1.165) is 33.8 Å². The number of hydrogen-bond donors (Lipinski definition) is 0. The lowest BCUT2D eigenvalue weighted by Crippen LogP contribution is -1.79. The molecule has 0 aliphatic rings. The molecule has 0 N–H and O–H groups in total. The summed E-state index contributed by atoms with van der Waals surface area (Å²) in [5, 5.41) is 0. The van der Waals surface area contributed by atoms with Crippen molar-refractivity contribution in [3.8, 4) is 24.7 Å². The monoisotopic (exact) mass is 667 g/mol. The molecule has 6 aromatic rings. The standard InChI is InChI=1S/C9H8.C8H7N.C8H10.C7H7F.C7H9N.C6H6FN/c1-3-9-6-4-8(2)5-7-9;1-3-8-5-4-7(2)9-6-8;1-7-3-5-8(2)6-4-7;1-6-2-4-7(8)5-3-6;1-6-3-4-7(2)8-5-6;1-5-2-3-6(7)4-8-5/h1,4-7H,2H3;1,4-6H,2H3;3-6H,1-2H3;2-5H,1H3;3-5H,1-2H3;2-4H,1H3. The highest BCUT2D eigenvalue weighted by atomic mass is 19.1. The number of rotatable bonds is 0. The average Bonchev–Trinajstić information content (AvgIpc) is 3.12. The van der Waals surface area contributed by atoms with Gasteiger partial charge in [-0.25, -0.2) is 8.78 Å². The number of benzene rings is 3. The van der Waals surface area contributed by atoms with Crippen LogP contribution in [0.1, 0.15) is 56.0 Å². The summed E-state index contributed by atoms with van der Waals surface area (Å²) in [7, 11) is 0. The van der Waals surface area contributed by atoms with Gasteiger partial charge in [0.15, 0.2) is 0 Å². The van der Waals surface area contributed by atoms with E-state index in [1.54, 1.807) is 24.4 Å². The Labute approximate surface area is 298 Å². The maximum Gasteiger partial charge on any atom is 0.141 e. The first-order chi connectivity index (χ1) is 23.8. The molecule has 0 unspecified atom stereocenters. The molecular formula is C45H47F2N3. The molecule has 3 aromatic heterocycles. The Kier molecular flexibility index (Phi) is 20.4. The fourth-order valence-corrected chi connectivity index (χ4v) is 3.36. The van der Waals surface area contributed by atoms with Crippen molar-refractivity contribution in [2.45, 2.75) is 55.4 Å². The Balaban J connectivity index is 0.000000300. The second-order valence-corrected chi connectivity index (χ2v) is 11.4. The van der Waals surface area contributed by atoms with Crippen LogP contribution < -0.4 is 0 Å². The van der Waals surface area contributed by atoms with E-state index in [1.165, 1.54) is 46.6 Å². The highest BCUT2D eigenvalue weighted by Gasteiger charge is 1.87. The topological polar surface area (TPSA) is 38.7 Å². The highest BCUT2D eigenvalue weighted by molar-refractivity contribution is 5.33. The van der Waals surface area contributed by atoms with Gasteiger partial charge in [0, 0.05) is 40.6 Å². The molecule has 3 nitrogen and oxygen atoms in total. The number of aryl methyl sites for hydroxylation is 8. The minimum atomic E-state index is -0.282. The predicted octanol–water partition coefficient (Wildman–Crippen LogP) is 11.0. The lowest BCUT2D eigenvalue weighted by atomic mass is 10.2. The van der Waals surface area contributed by atoms with Gasteiger partial charge in [0.2, 0.25) is 0 Å². The van der Waals surface area contributed by atoms with Gasteiger partial charge >= 0.3 is 0 Å². The summed E-state index contributed by atoms with van der Waals surface area (Å²) >= 11 is 0. The van der Waals surface area contributed by atoms with E-state index in [1.807, 2.05) is 90.2 Å². The highest BCUT2D eigenvalue weighted by Crippen LogP contribution is 2.01. The Bertz CT molecular complexity index is 1530. The van der Waals surface area contributed by atoms with Crippen LogP contribution in [-0.4, -0.2) is 15.0 Å². The summed E-state index contributed by atoms with van der Waals surface area (Å²) in [6.45, 7) is 15.9. The van der Waals surface area contributed by atoms with Crippen molar-refractivity contribution in [3.63, 3.8) is 0 Å². The smallest absolute Gasteiger partial charge is 0.141 e. The third-order valence-corrected chi connectivity index (χ3v) is 6.46. The van der Waals surface area contributed by atoms with Crippen molar-refractivity contribution in [1.82, 2.24) is 15.0 Å². The van der Waals surface area contributed by atoms with Gasteiger partial charge < -0.3 is 0 Å². The zero-order chi connectivity index (χ0) is 37.3. The largest absolute Gasteiger partial charge is 0.261 e. The lowest BCUT2D eigenvalue weighted by Gasteiger charge is -1.90. The Morgan fingerprint density at radius 3 is 0.980 bits per heavy atom. The van der Waals surface area contributed by atoms with E-state index in [9.17, 15) is 8.78 Å². The van der Waals surface area contributed by atoms with Crippen molar-refractivity contribution in [2.75, 3.05) is 0 Å². The number of halogens is 2. The fraction of sp³-hybridized carbons (Fsp3) is 0.178. The van der Waals surface area contributed by atoms with Crippen LogP contribution in [0.5, 0.6) is 0 Å². The first kappa shape index (κ1) is 42.1. The molecule has 50 heavy (non-hydrogen) atoms. The second kappa shape index (κ2) is 24.3. The molecule has 0 aliphatic carbocycles. The zero-order valence-electron chi connectivity index (χ0n) is 30.4. The Morgan fingerprint density at radius 1 is 0.360 bits per heavy atom. The molecule has 0 atom stereocenters. The quantitative estimate of drug-likeness (QED) is 0.151. The van der Waals surface area contributed by atoms with E-state index in [-0.39, 0.29) is 11.6 Å². The molecule has 3 heterocycles. The van der Waals surface area contributed by atoms with Crippen molar-refractivity contribution < 1.29 is 8.78 Å². The van der Waals surface area contributed by atoms with Crippen LogP contribution in [0.15, 0.2) is 128 Å². The molecule has 0 aliphatic heterocycles. The average molecular weight is 668 g/mol. The maximum atomic E-state index is 12.1. The van der Waals surface area contributed by atoms with E-state index in [0.29, 0.717) is 0 Å². The molecule has 0 saturated heterocycles. The molecule has 0 saturated carbocycles.